The van der Waals surface area contributed by atoms with Crippen molar-refractivity contribution in [3.8, 4) is 11.5 Å². The Kier molecular flexibility index (Phi) is 4.54. The van der Waals surface area contributed by atoms with Crippen molar-refractivity contribution in [2.45, 2.75) is 55.2 Å². The molecule has 2 fully saturated rings. The number of methoxy groups -OCH3 is 1. The first-order valence-corrected chi connectivity index (χ1v) is 9.33. The first-order valence-electron chi connectivity index (χ1n) is 8.35. The van der Waals surface area contributed by atoms with Gasteiger partial charge in [0.15, 0.2) is 16.7 Å². The van der Waals surface area contributed by atoms with Crippen LogP contribution < -0.4 is 9.47 Å². The topological polar surface area (TPSA) is 49.2 Å². The highest BCUT2D eigenvalue weighted by molar-refractivity contribution is 7.98. The van der Waals surface area contributed by atoms with Crippen molar-refractivity contribution in [3.63, 3.8) is 0 Å². The normalized spacial score (nSPS) is 17.1. The number of alkyl halides is 2. The molecular formula is C17H19F2N3O2S. The predicted molar refractivity (Wildman–Crippen MR) is 89.5 cm³/mol. The largest absolute Gasteiger partial charge is 0.493 e. The molecule has 0 amide bonds. The summed E-state index contributed by atoms with van der Waals surface area (Å²) >= 11 is 1.62. The quantitative estimate of drug-likeness (QED) is 0.648. The van der Waals surface area contributed by atoms with E-state index in [-0.39, 0.29) is 5.75 Å². The van der Waals surface area contributed by atoms with Gasteiger partial charge in [-0.2, -0.15) is 8.78 Å². The van der Waals surface area contributed by atoms with Gasteiger partial charge in [0.05, 0.1) is 7.11 Å². The molecule has 0 saturated heterocycles. The minimum absolute atomic E-state index is 0.0448. The average molecular weight is 367 g/mol. The number of hydrogen-bond acceptors (Lipinski definition) is 5. The molecule has 0 N–H and O–H groups in total. The van der Waals surface area contributed by atoms with Crippen LogP contribution in [0.1, 0.15) is 49.0 Å². The van der Waals surface area contributed by atoms with E-state index in [2.05, 4.69) is 19.5 Å². The van der Waals surface area contributed by atoms with Crippen LogP contribution in [0.2, 0.25) is 0 Å². The SMILES string of the molecule is COc1cc(CSc2nnc(C3CC3)n2C2CC2)ccc1OC(F)F. The Bertz CT molecular complexity index is 760. The average Bonchev–Trinajstić information content (AvgIpc) is 3.52. The second-order valence-electron chi connectivity index (χ2n) is 6.37. The van der Waals surface area contributed by atoms with Gasteiger partial charge in [-0.25, -0.2) is 0 Å². The van der Waals surface area contributed by atoms with Gasteiger partial charge in [-0.1, -0.05) is 17.8 Å². The van der Waals surface area contributed by atoms with Gasteiger partial charge >= 0.3 is 6.61 Å². The fourth-order valence-corrected chi connectivity index (χ4v) is 3.78. The lowest BCUT2D eigenvalue weighted by Crippen LogP contribution is -2.04. The van der Waals surface area contributed by atoms with E-state index in [0.29, 0.717) is 23.5 Å². The first-order chi connectivity index (χ1) is 12.2. The Hall–Kier alpha value is -1.83. The summed E-state index contributed by atoms with van der Waals surface area (Å²) in [5, 5.41) is 9.71. The molecule has 0 radical (unpaired) electrons. The van der Waals surface area contributed by atoms with Crippen LogP contribution in [0.5, 0.6) is 11.5 Å². The molecule has 134 valence electrons. The molecule has 5 nitrogen and oxygen atoms in total. The molecular weight excluding hydrogens is 348 g/mol. The summed E-state index contributed by atoms with van der Waals surface area (Å²) in [6.07, 6.45) is 4.80. The van der Waals surface area contributed by atoms with Crippen LogP contribution >= 0.6 is 11.8 Å². The molecule has 2 aliphatic carbocycles. The van der Waals surface area contributed by atoms with Crippen LogP contribution in [0, 0.1) is 0 Å². The smallest absolute Gasteiger partial charge is 0.387 e. The number of aromatic nitrogens is 3. The number of hydrogen-bond donors (Lipinski definition) is 0. The van der Waals surface area contributed by atoms with Crippen molar-refractivity contribution in [2.24, 2.45) is 0 Å². The molecule has 4 rings (SSSR count). The highest BCUT2D eigenvalue weighted by Gasteiger charge is 2.36. The summed E-state index contributed by atoms with van der Waals surface area (Å²) in [5.74, 6) is 2.72. The van der Waals surface area contributed by atoms with E-state index >= 15 is 0 Å². The van der Waals surface area contributed by atoms with E-state index in [1.807, 2.05) is 0 Å². The summed E-state index contributed by atoms with van der Waals surface area (Å²) in [6, 6.07) is 5.56. The van der Waals surface area contributed by atoms with Crippen LogP contribution in [-0.4, -0.2) is 28.5 Å². The highest BCUT2D eigenvalue weighted by atomic mass is 32.2. The zero-order valence-electron chi connectivity index (χ0n) is 13.8. The maximum absolute atomic E-state index is 12.4. The number of nitrogens with zero attached hydrogens (tertiary/aromatic N) is 3. The Morgan fingerprint density at radius 2 is 2.00 bits per heavy atom. The molecule has 1 aromatic heterocycles. The maximum atomic E-state index is 12.4. The number of rotatable bonds is 8. The van der Waals surface area contributed by atoms with E-state index in [1.54, 1.807) is 23.9 Å². The minimum atomic E-state index is -2.87. The number of thioether (sulfide) groups is 1. The van der Waals surface area contributed by atoms with Crippen LogP contribution in [0.25, 0.3) is 0 Å². The van der Waals surface area contributed by atoms with Gasteiger partial charge in [0.2, 0.25) is 0 Å². The summed E-state index contributed by atoms with van der Waals surface area (Å²) in [7, 11) is 1.44. The van der Waals surface area contributed by atoms with Crippen LogP contribution in [0.3, 0.4) is 0 Å². The molecule has 2 aliphatic rings. The second kappa shape index (κ2) is 6.82. The third-order valence-corrected chi connectivity index (χ3v) is 5.37. The molecule has 25 heavy (non-hydrogen) atoms. The lowest BCUT2D eigenvalue weighted by molar-refractivity contribution is -0.0512. The van der Waals surface area contributed by atoms with Crippen LogP contribution in [0.4, 0.5) is 8.78 Å². The molecule has 8 heteroatoms. The summed E-state index contributed by atoms with van der Waals surface area (Å²) in [6.45, 7) is -2.87. The Labute approximate surface area is 148 Å². The van der Waals surface area contributed by atoms with E-state index < -0.39 is 6.61 Å². The van der Waals surface area contributed by atoms with Gasteiger partial charge in [0.1, 0.15) is 5.82 Å². The van der Waals surface area contributed by atoms with Crippen molar-refractivity contribution in [1.82, 2.24) is 14.8 Å². The lowest BCUT2D eigenvalue weighted by atomic mass is 10.2. The van der Waals surface area contributed by atoms with E-state index in [9.17, 15) is 8.78 Å². The van der Waals surface area contributed by atoms with E-state index in [4.69, 9.17) is 4.74 Å². The number of halogens is 2. The van der Waals surface area contributed by atoms with Crippen molar-refractivity contribution < 1.29 is 18.3 Å². The van der Waals surface area contributed by atoms with Crippen LogP contribution in [-0.2, 0) is 5.75 Å². The van der Waals surface area contributed by atoms with Crippen molar-refractivity contribution in [3.05, 3.63) is 29.6 Å². The molecule has 1 aromatic carbocycles. The maximum Gasteiger partial charge on any atom is 0.387 e. The van der Waals surface area contributed by atoms with Gasteiger partial charge in [-0.15, -0.1) is 10.2 Å². The Balaban J connectivity index is 1.48. The fraction of sp³-hybridized carbons (Fsp3) is 0.529. The monoisotopic (exact) mass is 367 g/mol. The third kappa shape index (κ3) is 3.73. The van der Waals surface area contributed by atoms with Gasteiger partial charge in [0, 0.05) is 17.7 Å². The summed E-state index contributed by atoms with van der Waals surface area (Å²) < 4.78 is 36.7. The van der Waals surface area contributed by atoms with E-state index in [0.717, 1.165) is 16.5 Å². The Morgan fingerprint density at radius 3 is 2.64 bits per heavy atom. The third-order valence-electron chi connectivity index (χ3n) is 4.36. The first kappa shape index (κ1) is 16.6. The van der Waals surface area contributed by atoms with Crippen LogP contribution in [0.15, 0.2) is 23.4 Å². The predicted octanol–water partition coefficient (Wildman–Crippen LogP) is 4.39. The summed E-state index contributed by atoms with van der Waals surface area (Å²) in [4.78, 5) is 0. The molecule has 0 bridgehead atoms. The van der Waals surface area contributed by atoms with Gasteiger partial charge < -0.3 is 14.0 Å². The van der Waals surface area contributed by atoms with Crippen molar-refractivity contribution in [1.29, 1.82) is 0 Å². The number of ether oxygens (including phenoxy) is 2. The van der Waals surface area contributed by atoms with Crippen molar-refractivity contribution in [2.75, 3.05) is 7.11 Å². The molecule has 0 spiro atoms. The van der Waals surface area contributed by atoms with Gasteiger partial charge in [-0.05, 0) is 43.4 Å². The van der Waals surface area contributed by atoms with Crippen molar-refractivity contribution >= 4 is 11.8 Å². The van der Waals surface area contributed by atoms with Gasteiger partial charge in [0.25, 0.3) is 0 Å². The zero-order valence-corrected chi connectivity index (χ0v) is 14.6. The summed E-state index contributed by atoms with van der Waals surface area (Å²) in [5.41, 5.74) is 0.960. The fourth-order valence-electron chi connectivity index (χ4n) is 2.83. The van der Waals surface area contributed by atoms with Gasteiger partial charge in [-0.3, -0.25) is 0 Å². The molecule has 2 saturated carbocycles. The molecule has 1 heterocycles. The molecule has 0 unspecified atom stereocenters. The molecule has 0 aliphatic heterocycles. The number of benzene rings is 1. The molecule has 0 atom stereocenters. The standard InChI is InChI=1S/C17H19F2N3O2S/c1-23-14-8-10(2-7-13(14)24-16(18)19)9-25-17-21-20-15(11-3-4-11)22(17)12-5-6-12/h2,7-8,11-12,16H,3-6,9H2,1H3. The highest BCUT2D eigenvalue weighted by Crippen LogP contribution is 2.46. The zero-order chi connectivity index (χ0) is 17.4. The van der Waals surface area contributed by atoms with E-state index in [1.165, 1.54) is 38.9 Å². The minimum Gasteiger partial charge on any atom is -0.493 e. The molecule has 2 aromatic rings. The lowest BCUT2D eigenvalue weighted by Gasteiger charge is -2.12. The second-order valence-corrected chi connectivity index (χ2v) is 7.31. The Morgan fingerprint density at radius 1 is 1.20 bits per heavy atom.